The molecule has 1 aromatic heterocycles. The summed E-state index contributed by atoms with van der Waals surface area (Å²) in [5.74, 6) is -0.480. The molecule has 0 unspecified atom stereocenters. The first-order valence-corrected chi connectivity index (χ1v) is 11.0. The number of imide groups is 1. The van der Waals surface area contributed by atoms with E-state index in [0.717, 1.165) is 39.5 Å². The van der Waals surface area contributed by atoms with E-state index in [2.05, 4.69) is 5.32 Å². The fourth-order valence-electron chi connectivity index (χ4n) is 3.53. The van der Waals surface area contributed by atoms with Crippen LogP contribution in [0.15, 0.2) is 59.6 Å². The monoisotopic (exact) mass is 449 g/mol. The molecule has 4 rings (SSSR count). The van der Waals surface area contributed by atoms with Gasteiger partial charge in [0.2, 0.25) is 5.91 Å². The number of methoxy groups -OCH3 is 1. The van der Waals surface area contributed by atoms with Crippen molar-refractivity contribution >= 4 is 51.5 Å². The first kappa shape index (κ1) is 21.9. The summed E-state index contributed by atoms with van der Waals surface area (Å²) in [6, 6.07) is 15.3. The molecule has 0 spiro atoms. The van der Waals surface area contributed by atoms with Gasteiger partial charge < -0.3 is 14.6 Å². The molecule has 8 heteroatoms. The second-order valence-corrected chi connectivity index (χ2v) is 8.46. The Labute approximate surface area is 190 Å². The lowest BCUT2D eigenvalue weighted by Gasteiger charge is -2.10. The molecule has 3 aromatic rings. The van der Waals surface area contributed by atoms with Gasteiger partial charge in [0.25, 0.3) is 11.1 Å². The number of benzene rings is 2. The summed E-state index contributed by atoms with van der Waals surface area (Å²) in [5.41, 5.74) is 3.51. The summed E-state index contributed by atoms with van der Waals surface area (Å²) in [5, 5.41) is 3.50. The first-order valence-electron chi connectivity index (χ1n) is 10.1. The lowest BCUT2D eigenvalue weighted by Crippen LogP contribution is -2.31. The van der Waals surface area contributed by atoms with Crippen molar-refractivity contribution in [1.29, 1.82) is 0 Å². The van der Waals surface area contributed by atoms with Gasteiger partial charge in [-0.25, -0.2) is 0 Å². The predicted molar refractivity (Wildman–Crippen MR) is 126 cm³/mol. The minimum absolute atomic E-state index is 0.123. The minimum Gasteiger partial charge on any atom is -0.383 e. The number of hydrogen-bond acceptors (Lipinski definition) is 5. The molecule has 7 nitrogen and oxygen atoms in total. The number of aromatic nitrogens is 1. The largest absolute Gasteiger partial charge is 0.383 e. The van der Waals surface area contributed by atoms with Crippen molar-refractivity contribution in [2.75, 3.05) is 25.6 Å². The summed E-state index contributed by atoms with van der Waals surface area (Å²) in [4.78, 5) is 39.1. The molecule has 32 heavy (non-hydrogen) atoms. The molecule has 0 atom stereocenters. The third kappa shape index (κ3) is 4.61. The number of nitrogens with zero attached hydrogens (tertiary/aromatic N) is 2. The van der Waals surface area contributed by atoms with Crippen LogP contribution in [-0.4, -0.2) is 46.8 Å². The smallest absolute Gasteiger partial charge is 0.293 e. The Morgan fingerprint density at radius 2 is 1.88 bits per heavy atom. The van der Waals surface area contributed by atoms with Crippen LogP contribution in [0.2, 0.25) is 0 Å². The van der Waals surface area contributed by atoms with Crippen molar-refractivity contribution in [3.8, 4) is 0 Å². The van der Waals surface area contributed by atoms with E-state index in [1.807, 2.05) is 66.2 Å². The molecule has 2 heterocycles. The Morgan fingerprint density at radius 1 is 1.12 bits per heavy atom. The number of nitrogens with one attached hydrogen (secondary N) is 1. The van der Waals surface area contributed by atoms with Crippen molar-refractivity contribution in [2.24, 2.45) is 0 Å². The minimum atomic E-state index is -0.328. The first-order chi connectivity index (χ1) is 15.5. The summed E-state index contributed by atoms with van der Waals surface area (Å²) in [6.07, 6.45) is 3.55. The van der Waals surface area contributed by atoms with Crippen LogP contribution in [0.5, 0.6) is 0 Å². The molecule has 0 saturated carbocycles. The number of anilines is 1. The van der Waals surface area contributed by atoms with E-state index in [9.17, 15) is 14.4 Å². The van der Waals surface area contributed by atoms with Crippen LogP contribution in [0.3, 0.4) is 0 Å². The molecule has 1 saturated heterocycles. The molecule has 0 radical (unpaired) electrons. The number of thioether (sulfide) groups is 1. The van der Waals surface area contributed by atoms with E-state index in [1.54, 1.807) is 6.08 Å². The highest BCUT2D eigenvalue weighted by Crippen LogP contribution is 2.34. The normalized spacial score (nSPS) is 15.2. The molecular formula is C24H23N3O4S. The van der Waals surface area contributed by atoms with Crippen molar-refractivity contribution in [1.82, 2.24) is 9.47 Å². The van der Waals surface area contributed by atoms with Crippen LogP contribution in [0.4, 0.5) is 10.5 Å². The number of fused-ring (bicyclic) bond motifs is 1. The summed E-state index contributed by atoms with van der Waals surface area (Å²) >= 11 is 0.916. The van der Waals surface area contributed by atoms with Crippen LogP contribution < -0.4 is 5.32 Å². The molecule has 2 aromatic carbocycles. The number of hydrogen-bond donors (Lipinski definition) is 1. The van der Waals surface area contributed by atoms with E-state index in [1.165, 1.54) is 12.0 Å². The lowest BCUT2D eigenvalue weighted by molar-refractivity contribution is -0.123. The van der Waals surface area contributed by atoms with E-state index in [-0.39, 0.29) is 30.1 Å². The second kappa shape index (κ2) is 9.42. The standard InChI is InChI=1S/C24H23N3O4S/c1-16-7-9-18(10-8-16)25-22(28)15-26-14-17(19-5-3-4-6-20(19)26)13-21-23(29)27(11-12-31-2)24(30)32-21/h3-10,13-14H,11-12,15H2,1-2H3,(H,25,28)/b21-13+. The van der Waals surface area contributed by atoms with Gasteiger partial charge in [-0.3, -0.25) is 19.3 Å². The van der Waals surface area contributed by atoms with Gasteiger partial charge in [-0.1, -0.05) is 35.9 Å². The van der Waals surface area contributed by atoms with Crippen LogP contribution in [0.1, 0.15) is 11.1 Å². The van der Waals surface area contributed by atoms with Gasteiger partial charge in [0.1, 0.15) is 6.54 Å². The maximum absolute atomic E-state index is 12.7. The number of para-hydroxylation sites is 1. The Bertz CT molecular complexity index is 1210. The average Bonchev–Trinajstić information content (AvgIpc) is 3.25. The molecule has 1 aliphatic heterocycles. The van der Waals surface area contributed by atoms with Crippen molar-refractivity contribution in [3.63, 3.8) is 0 Å². The Balaban J connectivity index is 1.58. The van der Waals surface area contributed by atoms with E-state index < -0.39 is 0 Å². The van der Waals surface area contributed by atoms with Gasteiger partial charge in [0.15, 0.2) is 0 Å². The molecule has 0 aliphatic carbocycles. The summed E-state index contributed by atoms with van der Waals surface area (Å²) in [6.45, 7) is 2.63. The summed E-state index contributed by atoms with van der Waals surface area (Å²) in [7, 11) is 1.53. The highest BCUT2D eigenvalue weighted by molar-refractivity contribution is 8.18. The average molecular weight is 450 g/mol. The van der Waals surface area contributed by atoms with E-state index in [4.69, 9.17) is 4.74 Å². The van der Waals surface area contributed by atoms with Crippen molar-refractivity contribution < 1.29 is 19.1 Å². The van der Waals surface area contributed by atoms with Gasteiger partial charge in [0, 0.05) is 35.5 Å². The number of rotatable bonds is 7. The number of carbonyl (C=O) groups is 3. The molecule has 1 N–H and O–H groups in total. The second-order valence-electron chi connectivity index (χ2n) is 7.47. The number of carbonyl (C=O) groups excluding carboxylic acids is 3. The quantitative estimate of drug-likeness (QED) is 0.545. The SMILES string of the molecule is COCCN1C(=O)S/C(=C/c2cn(CC(=O)Nc3ccc(C)cc3)c3ccccc23)C1=O. The van der Waals surface area contributed by atoms with Crippen LogP contribution in [0, 0.1) is 6.92 Å². The Morgan fingerprint density at radius 3 is 2.62 bits per heavy atom. The Kier molecular flexibility index (Phi) is 6.43. The number of amides is 3. The topological polar surface area (TPSA) is 80.6 Å². The fraction of sp³-hybridized carbons (Fsp3) is 0.208. The van der Waals surface area contributed by atoms with E-state index >= 15 is 0 Å². The third-order valence-corrected chi connectivity index (χ3v) is 6.06. The fourth-order valence-corrected chi connectivity index (χ4v) is 4.39. The zero-order chi connectivity index (χ0) is 22.7. The van der Waals surface area contributed by atoms with Crippen LogP contribution in [-0.2, 0) is 20.9 Å². The third-order valence-electron chi connectivity index (χ3n) is 5.15. The van der Waals surface area contributed by atoms with Gasteiger partial charge in [-0.05, 0) is 43.0 Å². The van der Waals surface area contributed by atoms with Crippen molar-refractivity contribution in [2.45, 2.75) is 13.5 Å². The van der Waals surface area contributed by atoms with Gasteiger partial charge in [0.05, 0.1) is 18.1 Å². The zero-order valence-corrected chi connectivity index (χ0v) is 18.6. The predicted octanol–water partition coefficient (Wildman–Crippen LogP) is 4.27. The lowest BCUT2D eigenvalue weighted by atomic mass is 10.1. The zero-order valence-electron chi connectivity index (χ0n) is 17.8. The maximum Gasteiger partial charge on any atom is 0.293 e. The molecular weight excluding hydrogens is 426 g/mol. The highest BCUT2D eigenvalue weighted by Gasteiger charge is 2.34. The number of ether oxygens (including phenoxy) is 1. The Hall–Kier alpha value is -3.36. The summed E-state index contributed by atoms with van der Waals surface area (Å²) < 4.78 is 6.83. The van der Waals surface area contributed by atoms with Crippen molar-refractivity contribution in [3.05, 3.63) is 70.8 Å². The molecule has 3 amide bonds. The highest BCUT2D eigenvalue weighted by atomic mass is 32.2. The molecule has 164 valence electrons. The molecule has 0 bridgehead atoms. The van der Waals surface area contributed by atoms with Crippen LogP contribution in [0.25, 0.3) is 17.0 Å². The maximum atomic E-state index is 12.7. The molecule has 1 aliphatic rings. The van der Waals surface area contributed by atoms with Gasteiger partial charge >= 0.3 is 0 Å². The van der Waals surface area contributed by atoms with Gasteiger partial charge in [-0.2, -0.15) is 0 Å². The van der Waals surface area contributed by atoms with Crippen LogP contribution >= 0.6 is 11.8 Å². The number of aryl methyl sites for hydroxylation is 1. The van der Waals surface area contributed by atoms with E-state index in [0.29, 0.717) is 11.5 Å². The van der Waals surface area contributed by atoms with Gasteiger partial charge in [-0.15, -0.1) is 0 Å². The molecule has 1 fully saturated rings.